The molecule has 2 amide bonds. The second kappa shape index (κ2) is 9.94. The number of nitrogens with one attached hydrogen (secondary N) is 2. The van der Waals surface area contributed by atoms with Crippen LogP contribution in [0.25, 0.3) is 0 Å². The van der Waals surface area contributed by atoms with Gasteiger partial charge in [-0.25, -0.2) is 4.39 Å². The van der Waals surface area contributed by atoms with Crippen LogP contribution in [0, 0.1) is 5.82 Å². The van der Waals surface area contributed by atoms with Gasteiger partial charge < -0.3 is 20.1 Å². The van der Waals surface area contributed by atoms with Gasteiger partial charge in [0, 0.05) is 18.2 Å². The van der Waals surface area contributed by atoms with Crippen molar-refractivity contribution in [2.45, 2.75) is 27.2 Å². The van der Waals surface area contributed by atoms with E-state index in [1.165, 1.54) is 31.2 Å². The summed E-state index contributed by atoms with van der Waals surface area (Å²) >= 11 is 6.27. The molecule has 0 aliphatic rings. The summed E-state index contributed by atoms with van der Waals surface area (Å²) < 4.78 is 24.9. The molecule has 0 aliphatic carbocycles. The highest BCUT2D eigenvalue weighted by Gasteiger charge is 2.17. The Labute approximate surface area is 168 Å². The van der Waals surface area contributed by atoms with Gasteiger partial charge in [0.25, 0.3) is 5.91 Å². The zero-order valence-electron chi connectivity index (χ0n) is 15.9. The van der Waals surface area contributed by atoms with E-state index in [1.54, 1.807) is 0 Å². The molecule has 0 saturated heterocycles. The molecule has 0 bridgehead atoms. The van der Waals surface area contributed by atoms with E-state index < -0.39 is 17.6 Å². The van der Waals surface area contributed by atoms with E-state index >= 15 is 0 Å². The molecule has 0 fully saturated rings. The summed E-state index contributed by atoms with van der Waals surface area (Å²) in [7, 11) is 0. The number of hydrogen-bond acceptors (Lipinski definition) is 4. The Morgan fingerprint density at radius 1 is 1.11 bits per heavy atom. The minimum atomic E-state index is -0.604. The van der Waals surface area contributed by atoms with E-state index in [0.717, 1.165) is 12.5 Å². The van der Waals surface area contributed by atoms with Crippen LogP contribution in [0.2, 0.25) is 5.02 Å². The lowest BCUT2D eigenvalue weighted by molar-refractivity contribution is -0.114. The molecule has 0 radical (unpaired) electrons. The molecule has 0 unspecified atom stereocenters. The monoisotopic (exact) mass is 408 g/mol. The first-order valence-electron chi connectivity index (χ1n) is 8.83. The largest absolute Gasteiger partial charge is 0.490 e. The molecule has 2 rings (SSSR count). The first kappa shape index (κ1) is 21.5. The zero-order valence-corrected chi connectivity index (χ0v) is 16.7. The maximum atomic E-state index is 13.8. The van der Waals surface area contributed by atoms with Crippen molar-refractivity contribution in [1.29, 1.82) is 0 Å². The van der Waals surface area contributed by atoms with Crippen molar-refractivity contribution >= 4 is 34.8 Å². The van der Waals surface area contributed by atoms with Crippen molar-refractivity contribution in [3.63, 3.8) is 0 Å². The summed E-state index contributed by atoms with van der Waals surface area (Å²) in [5, 5.41) is 5.26. The summed E-state index contributed by atoms with van der Waals surface area (Å²) in [6.07, 6.45) is 0.797. The summed E-state index contributed by atoms with van der Waals surface area (Å²) in [5.41, 5.74) is 0.542. The quantitative estimate of drug-likeness (QED) is 0.652. The Morgan fingerprint density at radius 2 is 1.86 bits per heavy atom. The van der Waals surface area contributed by atoms with Crippen LogP contribution in [0.3, 0.4) is 0 Å². The average molecular weight is 409 g/mol. The number of amides is 2. The van der Waals surface area contributed by atoms with Crippen LogP contribution in [-0.4, -0.2) is 25.0 Å². The molecule has 0 aliphatic heterocycles. The Hall–Kier alpha value is -2.80. The molecular formula is C20H22ClFN2O4. The lowest BCUT2D eigenvalue weighted by Crippen LogP contribution is -2.14. The number of carbonyl (C=O) groups excluding carboxylic acids is 2. The van der Waals surface area contributed by atoms with Gasteiger partial charge in [-0.3, -0.25) is 9.59 Å². The van der Waals surface area contributed by atoms with Crippen molar-refractivity contribution in [3.8, 4) is 11.5 Å². The van der Waals surface area contributed by atoms with E-state index in [1.807, 2.05) is 13.8 Å². The van der Waals surface area contributed by atoms with E-state index in [0.29, 0.717) is 30.4 Å². The number of ether oxygens (including phenoxy) is 2. The molecular weight excluding hydrogens is 387 g/mol. The van der Waals surface area contributed by atoms with Crippen LogP contribution in [0.1, 0.15) is 37.6 Å². The summed E-state index contributed by atoms with van der Waals surface area (Å²) in [5.74, 6) is -0.737. The molecule has 2 N–H and O–H groups in total. The Morgan fingerprint density at radius 3 is 2.50 bits per heavy atom. The van der Waals surface area contributed by atoms with Crippen molar-refractivity contribution in [2.24, 2.45) is 0 Å². The topological polar surface area (TPSA) is 76.7 Å². The molecule has 6 nitrogen and oxygen atoms in total. The number of benzene rings is 2. The van der Waals surface area contributed by atoms with Crippen molar-refractivity contribution in [3.05, 3.63) is 46.7 Å². The summed E-state index contributed by atoms with van der Waals surface area (Å²) in [4.78, 5) is 23.8. The number of carbonyl (C=O) groups is 2. The molecule has 150 valence electrons. The highest BCUT2D eigenvalue weighted by Crippen LogP contribution is 2.37. The van der Waals surface area contributed by atoms with Crippen molar-refractivity contribution in [2.75, 3.05) is 23.8 Å². The van der Waals surface area contributed by atoms with Crippen molar-refractivity contribution < 1.29 is 23.5 Å². The molecule has 8 heteroatoms. The zero-order chi connectivity index (χ0) is 20.7. The molecule has 0 atom stereocenters. The fourth-order valence-electron chi connectivity index (χ4n) is 2.40. The Bertz CT molecular complexity index is 874. The minimum Gasteiger partial charge on any atom is -0.490 e. The van der Waals surface area contributed by atoms with Gasteiger partial charge in [-0.2, -0.15) is 0 Å². The van der Waals surface area contributed by atoms with Gasteiger partial charge in [0.2, 0.25) is 5.91 Å². The number of hydrogen-bond donors (Lipinski definition) is 2. The van der Waals surface area contributed by atoms with Crippen molar-refractivity contribution in [1.82, 2.24) is 0 Å². The normalized spacial score (nSPS) is 10.3. The molecule has 28 heavy (non-hydrogen) atoms. The first-order valence-corrected chi connectivity index (χ1v) is 9.21. The predicted molar refractivity (Wildman–Crippen MR) is 107 cm³/mol. The maximum absolute atomic E-state index is 13.8. The van der Waals surface area contributed by atoms with E-state index in [2.05, 4.69) is 10.6 Å². The predicted octanol–water partition coefficient (Wildman–Crippen LogP) is 4.88. The maximum Gasteiger partial charge on any atom is 0.255 e. The van der Waals surface area contributed by atoms with Gasteiger partial charge in [0.05, 0.1) is 23.9 Å². The molecule has 2 aromatic rings. The highest BCUT2D eigenvalue weighted by molar-refractivity contribution is 6.32. The van der Waals surface area contributed by atoms with Crippen LogP contribution in [0.15, 0.2) is 30.3 Å². The smallest absolute Gasteiger partial charge is 0.255 e. The van der Waals surface area contributed by atoms with E-state index in [9.17, 15) is 14.0 Å². The lowest BCUT2D eigenvalue weighted by atomic mass is 10.1. The van der Waals surface area contributed by atoms with Crippen LogP contribution in [0.5, 0.6) is 11.5 Å². The highest BCUT2D eigenvalue weighted by atomic mass is 35.5. The molecule has 0 saturated carbocycles. The minimum absolute atomic E-state index is 0.0262. The van der Waals surface area contributed by atoms with Crippen LogP contribution in [-0.2, 0) is 4.79 Å². The second-order valence-electron chi connectivity index (χ2n) is 5.90. The Balaban J connectivity index is 2.27. The SMILES string of the molecule is CCCOc1c(Cl)cc(C(=O)Nc2ccc(F)c(NC(C)=O)c2)cc1OCC. The standard InChI is InChI=1S/C20H22ClFN2O4/c1-4-8-28-19-15(21)9-13(10-18(19)27-5-2)20(26)24-14-6-7-16(22)17(11-14)23-12(3)25/h6-7,9-11H,4-5,8H2,1-3H3,(H,23,25)(H,24,26). The number of rotatable bonds is 8. The number of halogens is 2. The molecule has 2 aromatic carbocycles. The number of anilines is 2. The summed E-state index contributed by atoms with van der Waals surface area (Å²) in [6.45, 7) is 5.89. The third kappa shape index (κ3) is 5.60. The molecule has 0 spiro atoms. The van der Waals surface area contributed by atoms with Gasteiger partial charge in [-0.05, 0) is 43.7 Å². The van der Waals surface area contributed by atoms with E-state index in [-0.39, 0.29) is 16.3 Å². The fourth-order valence-corrected chi connectivity index (χ4v) is 2.66. The van der Waals surface area contributed by atoms with Gasteiger partial charge in [0.1, 0.15) is 5.82 Å². The molecule has 0 aromatic heterocycles. The first-order chi connectivity index (χ1) is 13.3. The fraction of sp³-hybridized carbons (Fsp3) is 0.300. The molecule has 0 heterocycles. The lowest BCUT2D eigenvalue weighted by Gasteiger charge is -2.15. The second-order valence-corrected chi connectivity index (χ2v) is 6.30. The van der Waals surface area contributed by atoms with Crippen LogP contribution < -0.4 is 20.1 Å². The van der Waals surface area contributed by atoms with Gasteiger partial charge in [-0.1, -0.05) is 18.5 Å². The Kier molecular flexibility index (Phi) is 7.63. The summed E-state index contributed by atoms with van der Waals surface area (Å²) in [6, 6.07) is 6.89. The van der Waals surface area contributed by atoms with E-state index in [4.69, 9.17) is 21.1 Å². The average Bonchev–Trinajstić information content (AvgIpc) is 2.63. The third-order valence-electron chi connectivity index (χ3n) is 3.56. The van der Waals surface area contributed by atoms with Crippen LogP contribution in [0.4, 0.5) is 15.8 Å². The van der Waals surface area contributed by atoms with Gasteiger partial charge >= 0.3 is 0 Å². The van der Waals surface area contributed by atoms with Gasteiger partial charge in [0.15, 0.2) is 11.5 Å². The van der Waals surface area contributed by atoms with Gasteiger partial charge in [-0.15, -0.1) is 0 Å². The third-order valence-corrected chi connectivity index (χ3v) is 3.84. The van der Waals surface area contributed by atoms with Crippen LogP contribution >= 0.6 is 11.6 Å².